The Bertz CT molecular complexity index is 603. The largest absolute Gasteiger partial charge is 0.481 e. The molecule has 2 aromatic heterocycles. The van der Waals surface area contributed by atoms with Gasteiger partial charge in [0.2, 0.25) is 0 Å². The summed E-state index contributed by atoms with van der Waals surface area (Å²) >= 11 is 0.951. The number of nitrogens with zero attached hydrogens (tertiary/aromatic N) is 3. The molecule has 0 unspecified atom stereocenters. The number of hydrogen-bond acceptors (Lipinski definition) is 5. The van der Waals surface area contributed by atoms with Crippen LogP contribution in [-0.2, 0) is 11.8 Å². The highest BCUT2D eigenvalue weighted by Gasteiger charge is 2.09. The van der Waals surface area contributed by atoms with Crippen molar-refractivity contribution >= 4 is 28.9 Å². The lowest BCUT2D eigenvalue weighted by atomic mass is 10.5. The summed E-state index contributed by atoms with van der Waals surface area (Å²) in [6.45, 7) is 0. The molecule has 0 aromatic carbocycles. The molecule has 0 saturated heterocycles. The normalized spacial score (nSPS) is 10.8. The van der Waals surface area contributed by atoms with E-state index in [1.807, 2.05) is 0 Å². The molecular weight excluding hydrogens is 232 g/mol. The number of aromatic nitrogens is 4. The van der Waals surface area contributed by atoms with Crippen molar-refractivity contribution in [2.75, 3.05) is 5.75 Å². The molecule has 16 heavy (non-hydrogen) atoms. The summed E-state index contributed by atoms with van der Waals surface area (Å²) < 4.78 is 1.56. The number of nitrogens with one attached hydrogen (secondary N) is 1. The van der Waals surface area contributed by atoms with Crippen LogP contribution in [-0.4, -0.2) is 36.3 Å². The van der Waals surface area contributed by atoms with Crippen LogP contribution in [0.5, 0.6) is 0 Å². The van der Waals surface area contributed by atoms with Crippen LogP contribution in [0, 0.1) is 0 Å². The van der Waals surface area contributed by atoms with Gasteiger partial charge in [-0.05, 0) is 0 Å². The van der Waals surface area contributed by atoms with E-state index in [1.165, 1.54) is 6.33 Å². The number of aryl methyl sites for hydroxylation is 1. The van der Waals surface area contributed by atoms with Crippen molar-refractivity contribution in [3.63, 3.8) is 0 Å². The van der Waals surface area contributed by atoms with Gasteiger partial charge in [-0.3, -0.25) is 14.6 Å². The lowest BCUT2D eigenvalue weighted by molar-refractivity contribution is -0.133. The number of carboxylic acid groups (broad SMARTS) is 1. The molecule has 0 aliphatic rings. The molecule has 0 aliphatic heterocycles. The van der Waals surface area contributed by atoms with E-state index < -0.39 is 5.97 Å². The van der Waals surface area contributed by atoms with Crippen molar-refractivity contribution in [2.24, 2.45) is 7.05 Å². The first-order chi connectivity index (χ1) is 7.58. The zero-order chi connectivity index (χ0) is 11.7. The topological polar surface area (TPSA) is 101 Å². The Morgan fingerprint density at radius 3 is 3.12 bits per heavy atom. The summed E-state index contributed by atoms with van der Waals surface area (Å²) in [6, 6.07) is 0. The van der Waals surface area contributed by atoms with Gasteiger partial charge in [0.15, 0.2) is 16.3 Å². The summed E-state index contributed by atoms with van der Waals surface area (Å²) in [5.74, 6) is -1.12. The maximum atomic E-state index is 11.6. The van der Waals surface area contributed by atoms with Crippen LogP contribution in [0.2, 0.25) is 0 Å². The summed E-state index contributed by atoms with van der Waals surface area (Å²) in [5, 5.41) is 8.76. The van der Waals surface area contributed by atoms with E-state index in [1.54, 1.807) is 11.6 Å². The van der Waals surface area contributed by atoms with Gasteiger partial charge >= 0.3 is 5.97 Å². The average molecular weight is 240 g/mol. The Hall–Kier alpha value is -1.83. The molecule has 0 bridgehead atoms. The lowest BCUT2D eigenvalue weighted by Crippen LogP contribution is -2.12. The Labute approximate surface area is 93.5 Å². The molecule has 8 heteroatoms. The molecule has 0 spiro atoms. The van der Waals surface area contributed by atoms with Gasteiger partial charge in [-0.1, -0.05) is 11.8 Å². The van der Waals surface area contributed by atoms with Gasteiger partial charge < -0.3 is 9.67 Å². The van der Waals surface area contributed by atoms with Crippen molar-refractivity contribution in [1.82, 2.24) is 19.5 Å². The molecule has 7 nitrogen and oxygen atoms in total. The Morgan fingerprint density at radius 2 is 2.44 bits per heavy atom. The predicted molar refractivity (Wildman–Crippen MR) is 57.5 cm³/mol. The van der Waals surface area contributed by atoms with Crippen molar-refractivity contribution < 1.29 is 9.90 Å². The number of fused-ring (bicyclic) bond motifs is 1. The Morgan fingerprint density at radius 1 is 1.69 bits per heavy atom. The first kappa shape index (κ1) is 10.7. The van der Waals surface area contributed by atoms with Gasteiger partial charge in [-0.25, -0.2) is 9.97 Å². The molecular formula is C8H8N4O3S. The molecule has 2 heterocycles. The van der Waals surface area contributed by atoms with Crippen LogP contribution in [0.15, 0.2) is 16.3 Å². The van der Waals surface area contributed by atoms with E-state index in [0.717, 1.165) is 11.8 Å². The van der Waals surface area contributed by atoms with Gasteiger partial charge in [0, 0.05) is 7.05 Å². The minimum atomic E-state index is -0.964. The molecule has 0 fully saturated rings. The van der Waals surface area contributed by atoms with E-state index >= 15 is 0 Å². The fourth-order valence-corrected chi connectivity index (χ4v) is 1.82. The highest BCUT2D eigenvalue weighted by molar-refractivity contribution is 7.99. The minimum Gasteiger partial charge on any atom is -0.481 e. The number of aromatic amines is 1. The smallest absolute Gasteiger partial charge is 0.313 e. The van der Waals surface area contributed by atoms with Gasteiger partial charge in [0.25, 0.3) is 5.56 Å². The summed E-state index contributed by atoms with van der Waals surface area (Å²) in [7, 11) is 1.69. The van der Waals surface area contributed by atoms with Crippen LogP contribution >= 0.6 is 11.8 Å². The maximum Gasteiger partial charge on any atom is 0.313 e. The van der Waals surface area contributed by atoms with Crippen LogP contribution in [0.25, 0.3) is 11.2 Å². The molecule has 84 valence electrons. The third-order valence-electron chi connectivity index (χ3n) is 1.89. The molecule has 0 atom stereocenters. The molecule has 2 aromatic rings. The molecule has 0 aliphatic carbocycles. The SMILES string of the molecule is Cn1cnc2nc(SCC(=O)O)[nH]c(=O)c21. The number of carboxylic acids is 1. The third kappa shape index (κ3) is 1.91. The van der Waals surface area contributed by atoms with Crippen LogP contribution in [0.4, 0.5) is 0 Å². The van der Waals surface area contributed by atoms with E-state index in [0.29, 0.717) is 11.2 Å². The highest BCUT2D eigenvalue weighted by Crippen LogP contribution is 2.12. The number of hydrogen-bond donors (Lipinski definition) is 2. The number of imidazole rings is 1. The minimum absolute atomic E-state index is 0.152. The van der Waals surface area contributed by atoms with Crippen molar-refractivity contribution in [1.29, 1.82) is 0 Å². The van der Waals surface area contributed by atoms with E-state index in [9.17, 15) is 9.59 Å². The maximum absolute atomic E-state index is 11.6. The fraction of sp³-hybridized carbons (Fsp3) is 0.250. The monoisotopic (exact) mass is 240 g/mol. The zero-order valence-electron chi connectivity index (χ0n) is 8.30. The summed E-state index contributed by atoms with van der Waals surface area (Å²) in [4.78, 5) is 32.5. The standard InChI is InChI=1S/C8H8N4O3S/c1-12-3-9-6-5(12)7(15)11-8(10-6)16-2-4(13)14/h3H,2H2,1H3,(H,13,14)(H,10,11,15). The van der Waals surface area contributed by atoms with E-state index in [2.05, 4.69) is 15.0 Å². The number of carbonyl (C=O) groups is 1. The first-order valence-electron chi connectivity index (χ1n) is 4.34. The van der Waals surface area contributed by atoms with Crippen molar-refractivity contribution in [3.8, 4) is 0 Å². The predicted octanol–water partition coefficient (Wildman–Crippen LogP) is -0.167. The van der Waals surface area contributed by atoms with E-state index in [4.69, 9.17) is 5.11 Å². The molecule has 0 amide bonds. The Balaban J connectivity index is 2.43. The molecule has 2 N–H and O–H groups in total. The van der Waals surface area contributed by atoms with Gasteiger partial charge in [-0.2, -0.15) is 0 Å². The Kier molecular flexibility index (Phi) is 2.65. The second-order valence-corrected chi connectivity index (χ2v) is 4.05. The number of rotatable bonds is 3. The fourth-order valence-electron chi connectivity index (χ4n) is 1.24. The summed E-state index contributed by atoms with van der Waals surface area (Å²) in [5.41, 5.74) is 0.372. The van der Waals surface area contributed by atoms with E-state index in [-0.39, 0.29) is 16.5 Å². The zero-order valence-corrected chi connectivity index (χ0v) is 9.11. The molecule has 2 rings (SSSR count). The first-order valence-corrected chi connectivity index (χ1v) is 5.32. The number of H-pyrrole nitrogens is 1. The second kappa shape index (κ2) is 3.97. The van der Waals surface area contributed by atoms with Gasteiger partial charge in [0.1, 0.15) is 0 Å². The van der Waals surface area contributed by atoms with Crippen LogP contribution < -0.4 is 5.56 Å². The van der Waals surface area contributed by atoms with Crippen molar-refractivity contribution in [2.45, 2.75) is 5.16 Å². The summed E-state index contributed by atoms with van der Waals surface area (Å²) in [6.07, 6.45) is 1.48. The van der Waals surface area contributed by atoms with Crippen LogP contribution in [0.1, 0.15) is 0 Å². The van der Waals surface area contributed by atoms with Gasteiger partial charge in [0.05, 0.1) is 12.1 Å². The number of aliphatic carboxylic acids is 1. The van der Waals surface area contributed by atoms with Crippen molar-refractivity contribution in [3.05, 3.63) is 16.7 Å². The van der Waals surface area contributed by atoms with Crippen LogP contribution in [0.3, 0.4) is 0 Å². The average Bonchev–Trinajstić information content (AvgIpc) is 2.58. The quantitative estimate of drug-likeness (QED) is 0.570. The third-order valence-corrected chi connectivity index (χ3v) is 2.75. The molecule has 0 saturated carbocycles. The van der Waals surface area contributed by atoms with Gasteiger partial charge in [-0.15, -0.1) is 0 Å². The highest BCUT2D eigenvalue weighted by atomic mass is 32.2. The number of thioether (sulfide) groups is 1. The lowest BCUT2D eigenvalue weighted by Gasteiger charge is -1.98. The second-order valence-electron chi connectivity index (χ2n) is 3.08. The molecule has 0 radical (unpaired) electrons.